The summed E-state index contributed by atoms with van der Waals surface area (Å²) in [5.74, 6) is 0. The molecule has 0 bridgehead atoms. The summed E-state index contributed by atoms with van der Waals surface area (Å²) >= 11 is 0. The summed E-state index contributed by atoms with van der Waals surface area (Å²) in [4.78, 5) is 2.58. The van der Waals surface area contributed by atoms with E-state index in [1.807, 2.05) is 0 Å². The number of hydrogen-bond acceptors (Lipinski definition) is 2. The summed E-state index contributed by atoms with van der Waals surface area (Å²) in [5.41, 5.74) is 0. The molecule has 0 saturated carbocycles. The van der Waals surface area contributed by atoms with Gasteiger partial charge in [0.05, 0.1) is 0 Å². The molecule has 0 aliphatic carbocycles. The van der Waals surface area contributed by atoms with Crippen molar-refractivity contribution in [1.29, 1.82) is 0 Å². The van der Waals surface area contributed by atoms with Crippen LogP contribution < -0.4 is 5.32 Å². The lowest BCUT2D eigenvalue weighted by atomic mass is 10.0. The zero-order valence-corrected chi connectivity index (χ0v) is 9.34. The SMILES string of the molecule is CCC(CC)N(C)C1CCCNC1. The van der Waals surface area contributed by atoms with Crippen LogP contribution in [-0.4, -0.2) is 37.1 Å². The van der Waals surface area contributed by atoms with Gasteiger partial charge in [-0.3, -0.25) is 4.90 Å². The highest BCUT2D eigenvalue weighted by molar-refractivity contribution is 4.80. The number of nitrogens with one attached hydrogen (secondary N) is 1. The first-order chi connectivity index (χ1) is 6.29. The Morgan fingerprint density at radius 3 is 2.54 bits per heavy atom. The summed E-state index contributed by atoms with van der Waals surface area (Å²) in [5, 5.41) is 3.48. The lowest BCUT2D eigenvalue weighted by Crippen LogP contribution is -2.48. The molecule has 0 amide bonds. The average Bonchev–Trinajstić information content (AvgIpc) is 2.21. The second kappa shape index (κ2) is 5.61. The molecule has 1 saturated heterocycles. The Balaban J connectivity index is 2.38. The Morgan fingerprint density at radius 1 is 1.38 bits per heavy atom. The first-order valence-corrected chi connectivity index (χ1v) is 5.72. The zero-order valence-electron chi connectivity index (χ0n) is 9.34. The molecule has 0 aromatic carbocycles. The summed E-state index contributed by atoms with van der Waals surface area (Å²) < 4.78 is 0. The van der Waals surface area contributed by atoms with Crippen LogP contribution in [0.15, 0.2) is 0 Å². The third-order valence-electron chi connectivity index (χ3n) is 3.37. The lowest BCUT2D eigenvalue weighted by molar-refractivity contribution is 0.139. The van der Waals surface area contributed by atoms with Crippen molar-refractivity contribution >= 4 is 0 Å². The number of piperidine rings is 1. The van der Waals surface area contributed by atoms with Gasteiger partial charge in [-0.05, 0) is 39.3 Å². The van der Waals surface area contributed by atoms with Crippen LogP contribution in [0.5, 0.6) is 0 Å². The van der Waals surface area contributed by atoms with E-state index in [4.69, 9.17) is 0 Å². The monoisotopic (exact) mass is 184 g/mol. The molecule has 2 nitrogen and oxygen atoms in total. The Morgan fingerprint density at radius 2 is 2.08 bits per heavy atom. The molecule has 1 atom stereocenters. The van der Waals surface area contributed by atoms with Gasteiger partial charge in [-0.25, -0.2) is 0 Å². The predicted octanol–water partition coefficient (Wildman–Crippen LogP) is 1.86. The number of likely N-dealkylation sites (N-methyl/N-ethyl adjacent to an activating group) is 1. The van der Waals surface area contributed by atoms with Gasteiger partial charge < -0.3 is 5.32 Å². The van der Waals surface area contributed by atoms with Crippen molar-refractivity contribution in [2.75, 3.05) is 20.1 Å². The van der Waals surface area contributed by atoms with Gasteiger partial charge in [0.25, 0.3) is 0 Å². The molecule has 1 aliphatic rings. The largest absolute Gasteiger partial charge is 0.315 e. The molecule has 13 heavy (non-hydrogen) atoms. The van der Waals surface area contributed by atoms with Crippen molar-refractivity contribution in [2.24, 2.45) is 0 Å². The van der Waals surface area contributed by atoms with Gasteiger partial charge in [0.1, 0.15) is 0 Å². The second-order valence-electron chi connectivity index (χ2n) is 4.14. The fourth-order valence-corrected chi connectivity index (χ4v) is 2.34. The molecule has 1 heterocycles. The van der Waals surface area contributed by atoms with Crippen molar-refractivity contribution in [2.45, 2.75) is 51.6 Å². The van der Waals surface area contributed by atoms with E-state index in [2.05, 4.69) is 31.1 Å². The first kappa shape index (κ1) is 11.0. The number of hydrogen-bond donors (Lipinski definition) is 1. The summed E-state index contributed by atoms with van der Waals surface area (Å²) in [6.45, 7) is 6.99. The molecule has 2 heteroatoms. The highest BCUT2D eigenvalue weighted by Crippen LogP contribution is 2.15. The standard InChI is InChI=1S/C11H24N2/c1-4-10(5-2)13(3)11-7-6-8-12-9-11/h10-12H,4-9H2,1-3H3. The third-order valence-corrected chi connectivity index (χ3v) is 3.37. The van der Waals surface area contributed by atoms with Crippen molar-refractivity contribution in [1.82, 2.24) is 10.2 Å². The molecule has 0 aromatic heterocycles. The maximum atomic E-state index is 3.48. The molecule has 78 valence electrons. The summed E-state index contributed by atoms with van der Waals surface area (Å²) in [6, 6.07) is 1.56. The molecular formula is C11H24N2. The topological polar surface area (TPSA) is 15.3 Å². The molecule has 0 spiro atoms. The quantitative estimate of drug-likeness (QED) is 0.717. The van der Waals surface area contributed by atoms with Gasteiger partial charge in [-0.1, -0.05) is 13.8 Å². The molecule has 1 unspecified atom stereocenters. The molecule has 0 radical (unpaired) electrons. The average molecular weight is 184 g/mol. The Labute approximate surface area is 82.7 Å². The minimum Gasteiger partial charge on any atom is -0.315 e. The Kier molecular flexibility index (Phi) is 4.74. The van der Waals surface area contributed by atoms with Crippen LogP contribution in [-0.2, 0) is 0 Å². The third kappa shape index (κ3) is 2.96. The van der Waals surface area contributed by atoms with Crippen LogP contribution in [0.2, 0.25) is 0 Å². The van der Waals surface area contributed by atoms with Crippen molar-refractivity contribution in [3.05, 3.63) is 0 Å². The molecule has 1 fully saturated rings. The van der Waals surface area contributed by atoms with Crippen LogP contribution in [0.4, 0.5) is 0 Å². The summed E-state index contributed by atoms with van der Waals surface area (Å²) in [6.07, 6.45) is 5.28. The molecule has 1 aliphatic heterocycles. The van der Waals surface area contributed by atoms with E-state index < -0.39 is 0 Å². The van der Waals surface area contributed by atoms with Crippen LogP contribution in [0.25, 0.3) is 0 Å². The van der Waals surface area contributed by atoms with Gasteiger partial charge in [-0.2, -0.15) is 0 Å². The Hall–Kier alpha value is -0.0800. The minimum absolute atomic E-state index is 0.777. The molecule has 1 N–H and O–H groups in total. The van der Waals surface area contributed by atoms with Crippen molar-refractivity contribution in [3.63, 3.8) is 0 Å². The minimum atomic E-state index is 0.777. The van der Waals surface area contributed by atoms with E-state index in [1.165, 1.54) is 38.8 Å². The van der Waals surface area contributed by atoms with Gasteiger partial charge in [0, 0.05) is 18.6 Å². The van der Waals surface area contributed by atoms with Gasteiger partial charge >= 0.3 is 0 Å². The summed E-state index contributed by atoms with van der Waals surface area (Å²) in [7, 11) is 2.29. The maximum Gasteiger partial charge on any atom is 0.0220 e. The predicted molar refractivity (Wildman–Crippen MR) is 58.0 cm³/mol. The fraction of sp³-hybridized carbons (Fsp3) is 1.00. The smallest absolute Gasteiger partial charge is 0.0220 e. The molecule has 1 rings (SSSR count). The van der Waals surface area contributed by atoms with Crippen LogP contribution >= 0.6 is 0 Å². The van der Waals surface area contributed by atoms with E-state index in [1.54, 1.807) is 0 Å². The fourth-order valence-electron chi connectivity index (χ4n) is 2.34. The van der Waals surface area contributed by atoms with E-state index in [9.17, 15) is 0 Å². The van der Waals surface area contributed by atoms with E-state index in [0.717, 1.165) is 12.1 Å². The lowest BCUT2D eigenvalue weighted by Gasteiger charge is -2.36. The van der Waals surface area contributed by atoms with Crippen LogP contribution in [0, 0.1) is 0 Å². The number of nitrogens with zero attached hydrogens (tertiary/aromatic N) is 1. The van der Waals surface area contributed by atoms with E-state index in [-0.39, 0.29) is 0 Å². The highest BCUT2D eigenvalue weighted by Gasteiger charge is 2.21. The van der Waals surface area contributed by atoms with Gasteiger partial charge in [-0.15, -0.1) is 0 Å². The van der Waals surface area contributed by atoms with Crippen LogP contribution in [0.1, 0.15) is 39.5 Å². The Bertz CT molecular complexity index is 126. The van der Waals surface area contributed by atoms with Crippen LogP contribution in [0.3, 0.4) is 0 Å². The highest BCUT2D eigenvalue weighted by atomic mass is 15.2. The van der Waals surface area contributed by atoms with Gasteiger partial charge in [0.15, 0.2) is 0 Å². The molecule has 0 aromatic rings. The van der Waals surface area contributed by atoms with E-state index in [0.29, 0.717) is 0 Å². The van der Waals surface area contributed by atoms with Gasteiger partial charge in [0.2, 0.25) is 0 Å². The maximum absolute atomic E-state index is 3.48. The zero-order chi connectivity index (χ0) is 9.68. The second-order valence-corrected chi connectivity index (χ2v) is 4.14. The first-order valence-electron chi connectivity index (χ1n) is 5.72. The van der Waals surface area contributed by atoms with Crippen molar-refractivity contribution in [3.8, 4) is 0 Å². The number of rotatable bonds is 4. The van der Waals surface area contributed by atoms with Crippen molar-refractivity contribution < 1.29 is 0 Å². The normalized spacial score (nSPS) is 24.2. The van der Waals surface area contributed by atoms with E-state index >= 15 is 0 Å². The molecular weight excluding hydrogens is 160 g/mol.